The molecule has 0 fully saturated rings. The van der Waals surface area contributed by atoms with Crippen molar-refractivity contribution in [2.45, 2.75) is 32.9 Å². The van der Waals surface area contributed by atoms with Crippen molar-refractivity contribution < 1.29 is 14.3 Å². The van der Waals surface area contributed by atoms with Gasteiger partial charge < -0.3 is 10.2 Å². The lowest BCUT2D eigenvalue weighted by atomic mass is 10.3. The number of amides is 1. The fraction of sp³-hybridized carbons (Fsp3) is 0.545. The first kappa shape index (κ1) is 13.1. The van der Waals surface area contributed by atoms with Gasteiger partial charge in [0.25, 0.3) is 5.91 Å². The van der Waals surface area contributed by atoms with Gasteiger partial charge in [-0.05, 0) is 22.9 Å². The fourth-order valence-electron chi connectivity index (χ4n) is 1.80. The average Bonchev–Trinajstić information content (AvgIpc) is 2.94. The van der Waals surface area contributed by atoms with Crippen molar-refractivity contribution in [1.82, 2.24) is 10.3 Å². The van der Waals surface area contributed by atoms with E-state index in [1.165, 1.54) is 4.90 Å². The molecule has 2 aliphatic heterocycles. The highest BCUT2D eigenvalue weighted by molar-refractivity contribution is 9.11. The van der Waals surface area contributed by atoms with Gasteiger partial charge in [-0.15, -0.1) is 0 Å². The molecule has 1 amide bonds. The number of hydrogen-bond acceptors (Lipinski definition) is 5. The number of esters is 1. The van der Waals surface area contributed by atoms with E-state index < -0.39 is 6.23 Å². The molecule has 6 nitrogen and oxygen atoms in total. The van der Waals surface area contributed by atoms with Crippen LogP contribution in [0.2, 0.25) is 0 Å². The number of hydrazone groups is 1. The minimum absolute atomic E-state index is 0.182. The van der Waals surface area contributed by atoms with Crippen LogP contribution in [0.3, 0.4) is 0 Å². The molecule has 1 atom stereocenters. The van der Waals surface area contributed by atoms with E-state index in [4.69, 9.17) is 4.74 Å². The van der Waals surface area contributed by atoms with Crippen molar-refractivity contribution in [3.05, 3.63) is 10.1 Å². The number of hydrogen-bond donors (Lipinski definition) is 1. The van der Waals surface area contributed by atoms with Gasteiger partial charge in [-0.25, -0.2) is 0 Å². The Morgan fingerprint density at radius 3 is 2.94 bits per heavy atom. The lowest BCUT2D eigenvalue weighted by molar-refractivity contribution is -0.153. The standard InChI is InChI=1S/C11H14BrN3O3/c1-3-8(16)18-11-9(12)6(2)10(17)15(11)7-4-5-13-14-7/h11,13H,3-5H2,1-2H3. The second-order valence-electron chi connectivity index (χ2n) is 4.03. The van der Waals surface area contributed by atoms with Gasteiger partial charge in [-0.1, -0.05) is 6.92 Å². The Kier molecular flexibility index (Phi) is 3.70. The number of halogens is 1. The predicted octanol–water partition coefficient (Wildman–Crippen LogP) is 1.08. The van der Waals surface area contributed by atoms with Gasteiger partial charge in [-0.2, -0.15) is 5.10 Å². The van der Waals surface area contributed by atoms with Crippen LogP contribution in [-0.4, -0.2) is 35.4 Å². The Morgan fingerprint density at radius 1 is 1.67 bits per heavy atom. The van der Waals surface area contributed by atoms with E-state index >= 15 is 0 Å². The summed E-state index contributed by atoms with van der Waals surface area (Å²) in [6.45, 7) is 4.09. The maximum absolute atomic E-state index is 12.1. The Bertz CT molecular complexity index is 458. The van der Waals surface area contributed by atoms with Crippen molar-refractivity contribution in [1.29, 1.82) is 0 Å². The second-order valence-corrected chi connectivity index (χ2v) is 4.88. The minimum atomic E-state index is -0.719. The molecule has 0 aliphatic carbocycles. The van der Waals surface area contributed by atoms with Crippen molar-refractivity contribution in [2.24, 2.45) is 5.10 Å². The largest absolute Gasteiger partial charge is 0.436 e. The highest BCUT2D eigenvalue weighted by Crippen LogP contribution is 2.32. The van der Waals surface area contributed by atoms with Crippen molar-refractivity contribution in [3.63, 3.8) is 0 Å². The van der Waals surface area contributed by atoms with Gasteiger partial charge in [-0.3, -0.25) is 14.5 Å². The third-order valence-corrected chi connectivity index (χ3v) is 3.81. The molecule has 98 valence electrons. The monoisotopic (exact) mass is 315 g/mol. The van der Waals surface area contributed by atoms with E-state index in [1.807, 2.05) is 0 Å². The summed E-state index contributed by atoms with van der Waals surface area (Å²) in [5.41, 5.74) is 3.35. The summed E-state index contributed by atoms with van der Waals surface area (Å²) in [5, 5.41) is 4.05. The van der Waals surface area contributed by atoms with E-state index in [1.54, 1.807) is 13.8 Å². The zero-order valence-corrected chi connectivity index (χ0v) is 11.8. The summed E-state index contributed by atoms with van der Waals surface area (Å²) in [6, 6.07) is 0. The fourth-order valence-corrected chi connectivity index (χ4v) is 2.27. The molecule has 1 N–H and O–H groups in total. The van der Waals surface area contributed by atoms with Crippen LogP contribution >= 0.6 is 15.9 Å². The summed E-state index contributed by atoms with van der Waals surface area (Å²) in [6.07, 6.45) is 0.186. The zero-order chi connectivity index (χ0) is 13.3. The Morgan fingerprint density at radius 2 is 2.39 bits per heavy atom. The third-order valence-electron chi connectivity index (χ3n) is 2.83. The number of ether oxygens (including phenoxy) is 1. The lowest BCUT2D eigenvalue weighted by Crippen LogP contribution is -2.42. The summed E-state index contributed by atoms with van der Waals surface area (Å²) in [5.74, 6) is 0.0666. The highest BCUT2D eigenvalue weighted by atomic mass is 79.9. The van der Waals surface area contributed by atoms with Gasteiger partial charge in [0.2, 0.25) is 6.23 Å². The summed E-state index contributed by atoms with van der Waals surface area (Å²) < 4.78 is 5.88. The maximum Gasteiger partial charge on any atom is 0.307 e. The van der Waals surface area contributed by atoms with Crippen molar-refractivity contribution in [2.75, 3.05) is 6.54 Å². The number of carbonyl (C=O) groups excluding carboxylic acids is 2. The predicted molar refractivity (Wildman–Crippen MR) is 68.7 cm³/mol. The number of rotatable bonds is 2. The van der Waals surface area contributed by atoms with E-state index in [2.05, 4.69) is 26.5 Å². The van der Waals surface area contributed by atoms with Crippen LogP contribution in [0, 0.1) is 0 Å². The zero-order valence-electron chi connectivity index (χ0n) is 10.2. The second kappa shape index (κ2) is 5.09. The molecule has 0 spiro atoms. The average molecular weight is 316 g/mol. The normalized spacial score (nSPS) is 23.3. The topological polar surface area (TPSA) is 71.0 Å². The highest BCUT2D eigenvalue weighted by Gasteiger charge is 2.41. The van der Waals surface area contributed by atoms with E-state index in [-0.39, 0.29) is 18.3 Å². The first-order chi connectivity index (χ1) is 8.56. The summed E-state index contributed by atoms with van der Waals surface area (Å²) >= 11 is 3.32. The molecule has 0 saturated heterocycles. The third kappa shape index (κ3) is 2.14. The number of amidine groups is 1. The lowest BCUT2D eigenvalue weighted by Gasteiger charge is -2.24. The van der Waals surface area contributed by atoms with Crippen LogP contribution in [0.5, 0.6) is 0 Å². The Hall–Kier alpha value is -1.37. The van der Waals surface area contributed by atoms with E-state index in [0.29, 0.717) is 28.9 Å². The van der Waals surface area contributed by atoms with Crippen LogP contribution in [-0.2, 0) is 14.3 Å². The van der Waals surface area contributed by atoms with Gasteiger partial charge in [0.05, 0.1) is 4.48 Å². The van der Waals surface area contributed by atoms with Crippen LogP contribution in [0.1, 0.15) is 26.7 Å². The maximum atomic E-state index is 12.1. The smallest absolute Gasteiger partial charge is 0.307 e. The number of carbonyl (C=O) groups is 2. The Labute approximate surface area is 113 Å². The first-order valence-electron chi connectivity index (χ1n) is 5.75. The Balaban J connectivity index is 2.26. The van der Waals surface area contributed by atoms with Crippen LogP contribution in [0.25, 0.3) is 0 Å². The minimum Gasteiger partial charge on any atom is -0.436 e. The molecule has 18 heavy (non-hydrogen) atoms. The first-order valence-corrected chi connectivity index (χ1v) is 6.54. The van der Waals surface area contributed by atoms with Crippen molar-refractivity contribution in [3.8, 4) is 0 Å². The molecule has 0 radical (unpaired) electrons. The molecule has 2 heterocycles. The molecule has 0 aromatic heterocycles. The number of nitrogens with zero attached hydrogens (tertiary/aromatic N) is 2. The summed E-state index contributed by atoms with van der Waals surface area (Å²) in [4.78, 5) is 25.0. The molecule has 2 aliphatic rings. The molecule has 2 rings (SSSR count). The van der Waals surface area contributed by atoms with Gasteiger partial charge >= 0.3 is 5.97 Å². The van der Waals surface area contributed by atoms with Gasteiger partial charge in [0.1, 0.15) is 5.84 Å². The molecule has 0 bridgehead atoms. The van der Waals surface area contributed by atoms with E-state index in [0.717, 1.165) is 0 Å². The number of nitrogens with one attached hydrogen (secondary N) is 1. The molecule has 0 saturated carbocycles. The van der Waals surface area contributed by atoms with Crippen molar-refractivity contribution >= 4 is 33.6 Å². The molecule has 1 unspecified atom stereocenters. The summed E-state index contributed by atoms with van der Waals surface area (Å²) in [7, 11) is 0. The molecule has 7 heteroatoms. The van der Waals surface area contributed by atoms with Crippen LogP contribution < -0.4 is 5.43 Å². The van der Waals surface area contributed by atoms with Crippen LogP contribution in [0.15, 0.2) is 15.2 Å². The molecule has 0 aromatic rings. The molecular weight excluding hydrogens is 302 g/mol. The quantitative estimate of drug-likeness (QED) is 0.774. The molecule has 0 aromatic carbocycles. The SMILES string of the molecule is CCC(=O)OC1C(Br)=C(C)C(=O)N1C1=NNCC1. The van der Waals surface area contributed by atoms with Crippen LogP contribution in [0.4, 0.5) is 0 Å². The molecular formula is C11H14BrN3O3. The van der Waals surface area contributed by atoms with E-state index in [9.17, 15) is 9.59 Å². The van der Waals surface area contributed by atoms with Gasteiger partial charge in [0.15, 0.2) is 0 Å². The van der Waals surface area contributed by atoms with Gasteiger partial charge in [0, 0.05) is 25.0 Å².